The first kappa shape index (κ1) is 13.4. The number of carbonyl (C=O) groups excluding carboxylic acids is 1. The summed E-state index contributed by atoms with van der Waals surface area (Å²) in [6, 6.07) is 11.7. The summed E-state index contributed by atoms with van der Waals surface area (Å²) in [6.07, 6.45) is 0. The van der Waals surface area contributed by atoms with E-state index in [0.29, 0.717) is 22.9 Å². The minimum atomic E-state index is -0.0352. The number of ketones is 1. The third kappa shape index (κ3) is 3.48. The van der Waals surface area contributed by atoms with Crippen LogP contribution in [0.25, 0.3) is 0 Å². The van der Waals surface area contributed by atoms with Crippen molar-refractivity contribution in [2.24, 2.45) is 0 Å². The molecule has 2 rings (SSSR count). The highest BCUT2D eigenvalue weighted by Crippen LogP contribution is 2.26. The van der Waals surface area contributed by atoms with Gasteiger partial charge in [0.15, 0.2) is 5.78 Å². The predicted molar refractivity (Wildman–Crippen MR) is 73.9 cm³/mol. The lowest BCUT2D eigenvalue weighted by atomic mass is 10.1. The summed E-state index contributed by atoms with van der Waals surface area (Å²) in [5, 5.41) is 9.58. The molecule has 19 heavy (non-hydrogen) atoms. The molecule has 2 aromatic carbocycles. The van der Waals surface area contributed by atoms with Gasteiger partial charge in [-0.1, -0.05) is 23.7 Å². The molecule has 0 atom stereocenters. The minimum Gasteiger partial charge on any atom is -0.508 e. The van der Waals surface area contributed by atoms with E-state index in [0.717, 1.165) is 5.56 Å². The van der Waals surface area contributed by atoms with Gasteiger partial charge in [-0.05, 0) is 42.8 Å². The molecule has 0 saturated heterocycles. The predicted octanol–water partition coefficient (Wildman–Crippen LogP) is 3.83. The van der Waals surface area contributed by atoms with Crippen LogP contribution in [-0.4, -0.2) is 10.9 Å². The van der Waals surface area contributed by atoms with Gasteiger partial charge in [0.25, 0.3) is 0 Å². The number of hydrogen-bond acceptors (Lipinski definition) is 3. The highest BCUT2D eigenvalue weighted by Gasteiger charge is 2.06. The molecular weight excluding hydrogens is 264 g/mol. The monoisotopic (exact) mass is 276 g/mol. The second-order valence-corrected chi connectivity index (χ2v) is 4.56. The summed E-state index contributed by atoms with van der Waals surface area (Å²) in [5.74, 6) is 0.708. The van der Waals surface area contributed by atoms with Crippen molar-refractivity contribution in [2.45, 2.75) is 13.5 Å². The van der Waals surface area contributed by atoms with Crippen LogP contribution in [0, 0.1) is 0 Å². The van der Waals surface area contributed by atoms with Crippen molar-refractivity contribution in [3.8, 4) is 11.5 Å². The topological polar surface area (TPSA) is 46.5 Å². The number of halogens is 1. The number of rotatable bonds is 4. The number of ether oxygens (including phenoxy) is 1. The molecule has 98 valence electrons. The van der Waals surface area contributed by atoms with Gasteiger partial charge in [-0.15, -0.1) is 0 Å². The number of hydrogen-bond donors (Lipinski definition) is 1. The number of phenols is 1. The number of phenolic OH excluding ortho intramolecular Hbond substituents is 1. The van der Waals surface area contributed by atoms with E-state index >= 15 is 0 Å². The molecule has 0 aliphatic rings. The average Bonchev–Trinajstić information content (AvgIpc) is 2.39. The maximum Gasteiger partial charge on any atom is 0.159 e. The lowest BCUT2D eigenvalue weighted by Crippen LogP contribution is -1.97. The Balaban J connectivity index is 2.07. The standard InChI is InChI=1S/C15H13ClO3/c1-10(17)12-4-7-15(14(16)8-12)19-9-11-2-5-13(18)6-3-11/h2-8,18H,9H2,1H3. The molecule has 0 heterocycles. The summed E-state index contributed by atoms with van der Waals surface area (Å²) >= 11 is 6.05. The molecule has 0 aliphatic carbocycles. The summed E-state index contributed by atoms with van der Waals surface area (Å²) < 4.78 is 5.57. The van der Waals surface area contributed by atoms with E-state index in [1.54, 1.807) is 42.5 Å². The summed E-state index contributed by atoms with van der Waals surface area (Å²) in [5.41, 5.74) is 1.48. The summed E-state index contributed by atoms with van der Waals surface area (Å²) in [7, 11) is 0. The summed E-state index contributed by atoms with van der Waals surface area (Å²) in [4.78, 5) is 11.2. The van der Waals surface area contributed by atoms with Crippen molar-refractivity contribution in [3.05, 3.63) is 58.6 Å². The lowest BCUT2D eigenvalue weighted by molar-refractivity contribution is 0.101. The summed E-state index contributed by atoms with van der Waals surface area (Å²) in [6.45, 7) is 1.84. The third-order valence-electron chi connectivity index (χ3n) is 2.67. The number of carbonyl (C=O) groups is 1. The highest BCUT2D eigenvalue weighted by atomic mass is 35.5. The first-order chi connectivity index (χ1) is 9.06. The number of Topliss-reactive ketones (excluding diaryl/α,β-unsaturated/α-hetero) is 1. The molecule has 2 aromatic rings. The molecular formula is C15H13ClO3. The van der Waals surface area contributed by atoms with E-state index in [9.17, 15) is 9.90 Å². The molecule has 0 saturated carbocycles. The molecule has 0 radical (unpaired) electrons. The van der Waals surface area contributed by atoms with E-state index in [2.05, 4.69) is 0 Å². The zero-order valence-electron chi connectivity index (χ0n) is 10.4. The molecule has 0 aliphatic heterocycles. The molecule has 0 bridgehead atoms. The maximum absolute atomic E-state index is 11.2. The van der Waals surface area contributed by atoms with Crippen LogP contribution in [-0.2, 0) is 6.61 Å². The van der Waals surface area contributed by atoms with E-state index in [1.165, 1.54) is 6.92 Å². The minimum absolute atomic E-state index is 0.0352. The Morgan fingerprint density at radius 3 is 2.47 bits per heavy atom. The second-order valence-electron chi connectivity index (χ2n) is 4.16. The quantitative estimate of drug-likeness (QED) is 0.864. The highest BCUT2D eigenvalue weighted by molar-refractivity contribution is 6.32. The van der Waals surface area contributed by atoms with Gasteiger partial charge in [0.2, 0.25) is 0 Å². The van der Waals surface area contributed by atoms with Crippen molar-refractivity contribution in [1.82, 2.24) is 0 Å². The van der Waals surface area contributed by atoms with Crippen molar-refractivity contribution in [3.63, 3.8) is 0 Å². The molecule has 0 amide bonds. The van der Waals surface area contributed by atoms with Gasteiger partial charge in [-0.25, -0.2) is 0 Å². The van der Waals surface area contributed by atoms with E-state index in [-0.39, 0.29) is 11.5 Å². The zero-order valence-corrected chi connectivity index (χ0v) is 11.1. The Kier molecular flexibility index (Phi) is 4.07. The van der Waals surface area contributed by atoms with Crippen LogP contribution in [0.3, 0.4) is 0 Å². The van der Waals surface area contributed by atoms with Crippen molar-refractivity contribution in [1.29, 1.82) is 0 Å². The molecule has 0 unspecified atom stereocenters. The first-order valence-corrected chi connectivity index (χ1v) is 6.15. The SMILES string of the molecule is CC(=O)c1ccc(OCc2ccc(O)cc2)c(Cl)c1. The Morgan fingerprint density at radius 1 is 1.21 bits per heavy atom. The van der Waals surface area contributed by atoms with Crippen molar-refractivity contribution in [2.75, 3.05) is 0 Å². The fourth-order valence-corrected chi connectivity index (χ4v) is 1.83. The van der Waals surface area contributed by atoms with E-state index in [1.807, 2.05) is 0 Å². The van der Waals surface area contributed by atoms with Gasteiger partial charge in [0.05, 0.1) is 5.02 Å². The normalized spacial score (nSPS) is 10.2. The van der Waals surface area contributed by atoms with Crippen LogP contribution in [0.4, 0.5) is 0 Å². The Hall–Kier alpha value is -2.00. The fourth-order valence-electron chi connectivity index (χ4n) is 1.59. The average molecular weight is 277 g/mol. The lowest BCUT2D eigenvalue weighted by Gasteiger charge is -2.09. The maximum atomic E-state index is 11.2. The van der Waals surface area contributed by atoms with Gasteiger partial charge in [-0.2, -0.15) is 0 Å². The van der Waals surface area contributed by atoms with E-state index < -0.39 is 0 Å². The van der Waals surface area contributed by atoms with Crippen LogP contribution in [0.2, 0.25) is 5.02 Å². The van der Waals surface area contributed by atoms with E-state index in [4.69, 9.17) is 16.3 Å². The van der Waals surface area contributed by atoms with Crippen LogP contribution in [0.1, 0.15) is 22.8 Å². The van der Waals surface area contributed by atoms with Crippen LogP contribution >= 0.6 is 11.6 Å². The van der Waals surface area contributed by atoms with Gasteiger partial charge in [0, 0.05) is 5.56 Å². The molecule has 4 heteroatoms. The van der Waals surface area contributed by atoms with Gasteiger partial charge < -0.3 is 9.84 Å². The Labute approximate surface area is 116 Å². The molecule has 0 aromatic heterocycles. The Bertz CT molecular complexity index is 591. The van der Waals surface area contributed by atoms with Crippen LogP contribution in [0.5, 0.6) is 11.5 Å². The fraction of sp³-hybridized carbons (Fsp3) is 0.133. The largest absolute Gasteiger partial charge is 0.508 e. The van der Waals surface area contributed by atoms with Crippen LogP contribution < -0.4 is 4.74 Å². The number of aromatic hydroxyl groups is 1. The second kappa shape index (κ2) is 5.76. The zero-order chi connectivity index (χ0) is 13.8. The van der Waals surface area contributed by atoms with Gasteiger partial charge >= 0.3 is 0 Å². The smallest absolute Gasteiger partial charge is 0.159 e. The first-order valence-electron chi connectivity index (χ1n) is 5.77. The Morgan fingerprint density at radius 2 is 1.89 bits per heavy atom. The number of benzene rings is 2. The van der Waals surface area contributed by atoms with Crippen molar-refractivity contribution < 1.29 is 14.6 Å². The van der Waals surface area contributed by atoms with Gasteiger partial charge in [-0.3, -0.25) is 4.79 Å². The van der Waals surface area contributed by atoms with Crippen molar-refractivity contribution >= 4 is 17.4 Å². The molecule has 1 N–H and O–H groups in total. The molecule has 0 spiro atoms. The molecule has 0 fully saturated rings. The third-order valence-corrected chi connectivity index (χ3v) is 2.96. The van der Waals surface area contributed by atoms with Gasteiger partial charge in [0.1, 0.15) is 18.1 Å². The molecule has 3 nitrogen and oxygen atoms in total. The van der Waals surface area contributed by atoms with Crippen LogP contribution in [0.15, 0.2) is 42.5 Å².